The molecule has 0 saturated carbocycles. The Balaban J connectivity index is 2.34. The van der Waals surface area contributed by atoms with Crippen LogP contribution >= 0.6 is 0 Å². The molecular formula is C17H16N2O. The van der Waals surface area contributed by atoms with Gasteiger partial charge in [0, 0.05) is 17.0 Å². The van der Waals surface area contributed by atoms with Crippen molar-refractivity contribution in [1.29, 1.82) is 0 Å². The van der Waals surface area contributed by atoms with E-state index in [1.165, 1.54) is 0 Å². The van der Waals surface area contributed by atoms with E-state index in [0.29, 0.717) is 0 Å². The SMILES string of the molecule is CC(N)c1nc2cccc(O)c2cc1-c1ccccc1. The molecule has 1 heterocycles. The summed E-state index contributed by atoms with van der Waals surface area (Å²) in [7, 11) is 0. The fourth-order valence-corrected chi connectivity index (χ4v) is 2.39. The number of fused-ring (bicyclic) bond motifs is 1. The quantitative estimate of drug-likeness (QED) is 0.743. The minimum absolute atomic E-state index is 0.169. The topological polar surface area (TPSA) is 59.1 Å². The molecule has 20 heavy (non-hydrogen) atoms. The van der Waals surface area contributed by atoms with E-state index in [9.17, 15) is 5.11 Å². The molecule has 1 atom stereocenters. The van der Waals surface area contributed by atoms with Crippen molar-refractivity contribution in [3.8, 4) is 16.9 Å². The third-order valence-corrected chi connectivity index (χ3v) is 3.38. The highest BCUT2D eigenvalue weighted by molar-refractivity contribution is 5.89. The summed E-state index contributed by atoms with van der Waals surface area (Å²) in [6.07, 6.45) is 0. The average molecular weight is 264 g/mol. The Kier molecular flexibility index (Phi) is 3.12. The first-order valence-electron chi connectivity index (χ1n) is 6.60. The van der Waals surface area contributed by atoms with Crippen molar-refractivity contribution >= 4 is 10.9 Å². The number of phenols is 1. The molecule has 3 aromatic rings. The molecule has 1 aromatic heterocycles. The maximum atomic E-state index is 10.0. The Hall–Kier alpha value is -2.39. The second-order valence-corrected chi connectivity index (χ2v) is 4.92. The van der Waals surface area contributed by atoms with Gasteiger partial charge in [-0.05, 0) is 30.7 Å². The van der Waals surface area contributed by atoms with E-state index in [1.807, 2.05) is 49.4 Å². The summed E-state index contributed by atoms with van der Waals surface area (Å²) in [5, 5.41) is 10.7. The molecule has 0 spiro atoms. The van der Waals surface area contributed by atoms with Gasteiger partial charge < -0.3 is 10.8 Å². The van der Waals surface area contributed by atoms with Crippen molar-refractivity contribution in [1.82, 2.24) is 4.98 Å². The zero-order valence-corrected chi connectivity index (χ0v) is 11.2. The van der Waals surface area contributed by atoms with E-state index >= 15 is 0 Å². The predicted octanol–water partition coefficient (Wildman–Crippen LogP) is 3.63. The molecular weight excluding hydrogens is 248 g/mol. The Morgan fingerprint density at radius 1 is 1.05 bits per heavy atom. The van der Waals surface area contributed by atoms with Gasteiger partial charge in [0.1, 0.15) is 5.75 Å². The second kappa shape index (κ2) is 4.94. The third-order valence-electron chi connectivity index (χ3n) is 3.38. The minimum atomic E-state index is -0.169. The zero-order valence-electron chi connectivity index (χ0n) is 11.2. The summed E-state index contributed by atoms with van der Waals surface area (Å²) in [5.41, 5.74) is 9.68. The van der Waals surface area contributed by atoms with Gasteiger partial charge in [0.15, 0.2) is 0 Å². The minimum Gasteiger partial charge on any atom is -0.507 e. The van der Waals surface area contributed by atoms with Crippen molar-refractivity contribution in [3.05, 3.63) is 60.3 Å². The lowest BCUT2D eigenvalue weighted by molar-refractivity contribution is 0.481. The first kappa shape index (κ1) is 12.6. The van der Waals surface area contributed by atoms with Gasteiger partial charge in [0.25, 0.3) is 0 Å². The van der Waals surface area contributed by atoms with Crippen molar-refractivity contribution in [2.45, 2.75) is 13.0 Å². The van der Waals surface area contributed by atoms with Gasteiger partial charge >= 0.3 is 0 Å². The van der Waals surface area contributed by atoms with Crippen LogP contribution in [0.25, 0.3) is 22.0 Å². The lowest BCUT2D eigenvalue weighted by Gasteiger charge is -2.14. The van der Waals surface area contributed by atoms with Crippen LogP contribution in [0.1, 0.15) is 18.7 Å². The van der Waals surface area contributed by atoms with Crippen LogP contribution in [-0.2, 0) is 0 Å². The first-order chi connectivity index (χ1) is 9.66. The lowest BCUT2D eigenvalue weighted by Crippen LogP contribution is -2.09. The van der Waals surface area contributed by atoms with Crippen LogP contribution in [-0.4, -0.2) is 10.1 Å². The van der Waals surface area contributed by atoms with Gasteiger partial charge in [-0.1, -0.05) is 36.4 Å². The van der Waals surface area contributed by atoms with Gasteiger partial charge in [-0.25, -0.2) is 0 Å². The van der Waals surface area contributed by atoms with Gasteiger partial charge in [-0.3, -0.25) is 4.98 Å². The number of hydrogen-bond acceptors (Lipinski definition) is 3. The summed E-state index contributed by atoms with van der Waals surface area (Å²) < 4.78 is 0. The molecule has 3 N–H and O–H groups in total. The van der Waals surface area contributed by atoms with Crippen LogP contribution in [0.15, 0.2) is 54.6 Å². The van der Waals surface area contributed by atoms with Crippen LogP contribution in [0.5, 0.6) is 5.75 Å². The maximum absolute atomic E-state index is 10.0. The van der Waals surface area contributed by atoms with Crippen LogP contribution in [0.4, 0.5) is 0 Å². The molecule has 2 aromatic carbocycles. The molecule has 3 nitrogen and oxygen atoms in total. The number of aromatic hydroxyl groups is 1. The number of hydrogen-bond donors (Lipinski definition) is 2. The van der Waals surface area contributed by atoms with E-state index in [1.54, 1.807) is 12.1 Å². The Labute approximate surface area is 117 Å². The standard InChI is InChI=1S/C17H16N2O/c1-11(18)17-13(12-6-3-2-4-7-12)10-14-15(19-17)8-5-9-16(14)20/h2-11,20H,18H2,1H3. The number of benzene rings is 2. The average Bonchev–Trinajstić information content (AvgIpc) is 2.47. The Morgan fingerprint density at radius 2 is 1.80 bits per heavy atom. The Bertz CT molecular complexity index is 752. The highest BCUT2D eigenvalue weighted by Gasteiger charge is 2.13. The van der Waals surface area contributed by atoms with Crippen molar-refractivity contribution in [2.24, 2.45) is 5.73 Å². The smallest absolute Gasteiger partial charge is 0.124 e. The van der Waals surface area contributed by atoms with Crippen LogP contribution in [0.3, 0.4) is 0 Å². The summed E-state index contributed by atoms with van der Waals surface area (Å²) in [6, 6.07) is 17.1. The van der Waals surface area contributed by atoms with Gasteiger partial charge in [-0.15, -0.1) is 0 Å². The van der Waals surface area contributed by atoms with E-state index in [2.05, 4.69) is 4.98 Å². The van der Waals surface area contributed by atoms with E-state index in [4.69, 9.17) is 5.73 Å². The highest BCUT2D eigenvalue weighted by atomic mass is 16.3. The molecule has 1 unspecified atom stereocenters. The molecule has 0 aliphatic rings. The molecule has 0 aliphatic carbocycles. The molecule has 0 aliphatic heterocycles. The summed E-state index contributed by atoms with van der Waals surface area (Å²) in [4.78, 5) is 4.63. The fraction of sp³-hybridized carbons (Fsp3) is 0.118. The van der Waals surface area contributed by atoms with Crippen molar-refractivity contribution in [2.75, 3.05) is 0 Å². The molecule has 0 amide bonds. The molecule has 0 fully saturated rings. The maximum Gasteiger partial charge on any atom is 0.124 e. The van der Waals surface area contributed by atoms with Crippen molar-refractivity contribution < 1.29 is 5.11 Å². The number of aromatic nitrogens is 1. The summed E-state index contributed by atoms with van der Waals surface area (Å²) >= 11 is 0. The molecule has 3 rings (SSSR count). The molecule has 3 heteroatoms. The summed E-state index contributed by atoms with van der Waals surface area (Å²) in [6.45, 7) is 1.92. The Morgan fingerprint density at radius 3 is 2.50 bits per heavy atom. The normalized spacial score (nSPS) is 12.5. The highest BCUT2D eigenvalue weighted by Crippen LogP contribution is 2.32. The second-order valence-electron chi connectivity index (χ2n) is 4.92. The molecule has 0 saturated heterocycles. The van der Waals surface area contributed by atoms with Gasteiger partial charge in [0.2, 0.25) is 0 Å². The van der Waals surface area contributed by atoms with Gasteiger partial charge in [0.05, 0.1) is 11.2 Å². The molecule has 0 bridgehead atoms. The number of nitrogens with zero attached hydrogens (tertiary/aromatic N) is 1. The van der Waals surface area contributed by atoms with Crippen LogP contribution in [0, 0.1) is 0 Å². The van der Waals surface area contributed by atoms with E-state index in [0.717, 1.165) is 27.7 Å². The van der Waals surface area contributed by atoms with Crippen LogP contribution < -0.4 is 5.73 Å². The summed E-state index contributed by atoms with van der Waals surface area (Å²) in [5.74, 6) is 0.239. The number of phenolic OH excluding ortho intramolecular Hbond substituents is 1. The first-order valence-corrected chi connectivity index (χ1v) is 6.60. The lowest BCUT2D eigenvalue weighted by atomic mass is 9.98. The number of pyridine rings is 1. The fourth-order valence-electron chi connectivity index (χ4n) is 2.39. The van der Waals surface area contributed by atoms with Crippen molar-refractivity contribution in [3.63, 3.8) is 0 Å². The third kappa shape index (κ3) is 2.12. The monoisotopic (exact) mass is 264 g/mol. The largest absolute Gasteiger partial charge is 0.507 e. The van der Waals surface area contributed by atoms with Crippen LogP contribution in [0.2, 0.25) is 0 Å². The van der Waals surface area contributed by atoms with E-state index in [-0.39, 0.29) is 11.8 Å². The molecule has 100 valence electrons. The molecule has 0 radical (unpaired) electrons. The number of rotatable bonds is 2. The number of nitrogens with two attached hydrogens (primary N) is 1. The van der Waals surface area contributed by atoms with E-state index < -0.39 is 0 Å². The predicted molar refractivity (Wildman–Crippen MR) is 81.4 cm³/mol. The van der Waals surface area contributed by atoms with Gasteiger partial charge in [-0.2, -0.15) is 0 Å². The zero-order chi connectivity index (χ0) is 14.1.